The fraction of sp³-hybridized carbons (Fsp3) is 0.455. The number of aromatic nitrogens is 1. The van der Waals surface area contributed by atoms with Crippen molar-refractivity contribution < 1.29 is 5.11 Å². The molecule has 2 aromatic rings. The minimum Gasteiger partial charge on any atom is -0.386 e. The van der Waals surface area contributed by atoms with Gasteiger partial charge in [-0.25, -0.2) is 0 Å². The maximum atomic E-state index is 10.3. The van der Waals surface area contributed by atoms with Crippen molar-refractivity contribution in [3.63, 3.8) is 0 Å². The molecule has 2 unspecified atom stereocenters. The highest BCUT2D eigenvalue weighted by Gasteiger charge is 2.10. The summed E-state index contributed by atoms with van der Waals surface area (Å²) in [5.41, 5.74) is 2.15. The van der Waals surface area contributed by atoms with E-state index in [0.717, 1.165) is 37.6 Å². The zero-order valence-corrected chi connectivity index (χ0v) is 17.2. The highest BCUT2D eigenvalue weighted by atomic mass is 16.3. The number of hydrogen-bond donors (Lipinski definition) is 3. The van der Waals surface area contributed by atoms with Crippen molar-refractivity contribution in [1.29, 1.82) is 0 Å². The minimum atomic E-state index is -0.630. The zero-order valence-electron chi connectivity index (χ0n) is 17.2. The van der Waals surface area contributed by atoms with Crippen LogP contribution in [0.2, 0.25) is 0 Å². The topological polar surface area (TPSA) is 72.8 Å². The zero-order chi connectivity index (χ0) is 20.2. The summed E-state index contributed by atoms with van der Waals surface area (Å²) in [5, 5.41) is 16.9. The van der Waals surface area contributed by atoms with Gasteiger partial charge in [0.05, 0.1) is 12.6 Å². The van der Waals surface area contributed by atoms with E-state index in [1.807, 2.05) is 25.1 Å². The number of hydrogen-bond acceptors (Lipinski definition) is 4. The number of rotatable bonds is 10. The Kier molecular flexibility index (Phi) is 9.45. The molecule has 152 valence electrons. The van der Waals surface area contributed by atoms with Crippen LogP contribution < -0.4 is 10.6 Å². The van der Waals surface area contributed by atoms with E-state index in [1.54, 1.807) is 12.4 Å². The second kappa shape index (κ2) is 12.1. The molecule has 6 heteroatoms. The lowest BCUT2D eigenvalue weighted by atomic mass is 10.1. The number of benzene rings is 1. The van der Waals surface area contributed by atoms with Crippen LogP contribution >= 0.6 is 0 Å². The highest BCUT2D eigenvalue weighted by Crippen LogP contribution is 2.11. The predicted octanol–water partition coefficient (Wildman–Crippen LogP) is 2.58. The van der Waals surface area contributed by atoms with Crippen LogP contribution in [0.3, 0.4) is 0 Å². The molecular weight excluding hydrogens is 350 g/mol. The molecule has 1 aromatic heterocycles. The van der Waals surface area contributed by atoms with E-state index >= 15 is 0 Å². The van der Waals surface area contributed by atoms with Crippen LogP contribution in [0.4, 0.5) is 0 Å². The van der Waals surface area contributed by atoms with Crippen molar-refractivity contribution in [2.75, 3.05) is 26.7 Å². The van der Waals surface area contributed by atoms with Gasteiger partial charge in [0, 0.05) is 38.1 Å². The number of nitrogens with one attached hydrogen (secondary N) is 2. The van der Waals surface area contributed by atoms with E-state index in [-0.39, 0.29) is 0 Å². The van der Waals surface area contributed by atoms with Crippen LogP contribution in [-0.2, 0) is 6.54 Å². The standard InChI is InChI=1S/C22H33N5O/c1-4-24-22(26-16-21(28)20-11-13-23-14-12-20)25-15-10-18(2)27(3)17-19-8-6-5-7-9-19/h5-9,11-14,18,21,28H,4,10,15-17H2,1-3H3,(H2,24,25,26). The molecular formula is C22H33N5O. The molecule has 6 nitrogen and oxygen atoms in total. The number of nitrogens with zero attached hydrogens (tertiary/aromatic N) is 3. The Morgan fingerprint density at radius 2 is 1.86 bits per heavy atom. The van der Waals surface area contributed by atoms with E-state index < -0.39 is 6.10 Å². The summed E-state index contributed by atoms with van der Waals surface area (Å²) in [5.74, 6) is 0.730. The van der Waals surface area contributed by atoms with Gasteiger partial charge in [-0.05, 0) is 50.6 Å². The first-order chi connectivity index (χ1) is 13.6. The Bertz CT molecular complexity index is 693. The third-order valence-corrected chi connectivity index (χ3v) is 4.74. The van der Waals surface area contributed by atoms with Gasteiger partial charge >= 0.3 is 0 Å². The molecule has 0 radical (unpaired) electrons. The molecule has 0 saturated heterocycles. The number of pyridine rings is 1. The molecule has 0 aliphatic carbocycles. The minimum absolute atomic E-state index is 0.308. The molecule has 0 aliphatic heterocycles. The third kappa shape index (κ3) is 7.66. The predicted molar refractivity (Wildman–Crippen MR) is 115 cm³/mol. The van der Waals surface area contributed by atoms with Gasteiger partial charge in [0.1, 0.15) is 0 Å². The van der Waals surface area contributed by atoms with Crippen molar-refractivity contribution in [3.05, 3.63) is 66.0 Å². The van der Waals surface area contributed by atoms with Gasteiger partial charge < -0.3 is 15.7 Å². The summed E-state index contributed by atoms with van der Waals surface area (Å²) in [4.78, 5) is 10.8. The molecule has 0 aliphatic rings. The van der Waals surface area contributed by atoms with Gasteiger partial charge in [-0.2, -0.15) is 0 Å². The number of aliphatic hydroxyl groups excluding tert-OH is 1. The summed E-state index contributed by atoms with van der Waals surface area (Å²) in [6, 6.07) is 14.6. The lowest BCUT2D eigenvalue weighted by molar-refractivity contribution is 0.187. The fourth-order valence-corrected chi connectivity index (χ4v) is 2.86. The number of aliphatic imine (C=N–C) groups is 1. The third-order valence-electron chi connectivity index (χ3n) is 4.74. The Morgan fingerprint density at radius 3 is 2.54 bits per heavy atom. The molecule has 0 amide bonds. The molecule has 0 saturated carbocycles. The summed E-state index contributed by atoms with van der Waals surface area (Å²) in [6.45, 7) is 7.11. The van der Waals surface area contributed by atoms with Gasteiger partial charge in [0.2, 0.25) is 0 Å². The monoisotopic (exact) mass is 383 g/mol. The lowest BCUT2D eigenvalue weighted by Gasteiger charge is -2.25. The second-order valence-corrected chi connectivity index (χ2v) is 6.98. The fourth-order valence-electron chi connectivity index (χ4n) is 2.86. The lowest BCUT2D eigenvalue weighted by Crippen LogP contribution is -2.40. The molecule has 0 spiro atoms. The normalized spacial score (nSPS) is 14.0. The van der Waals surface area contributed by atoms with Crippen LogP contribution in [0.1, 0.15) is 37.5 Å². The molecule has 1 aromatic carbocycles. The smallest absolute Gasteiger partial charge is 0.191 e. The van der Waals surface area contributed by atoms with Crippen LogP contribution in [-0.4, -0.2) is 53.7 Å². The van der Waals surface area contributed by atoms with Crippen LogP contribution in [0, 0.1) is 0 Å². The summed E-state index contributed by atoms with van der Waals surface area (Å²) in [6.07, 6.45) is 3.73. The second-order valence-electron chi connectivity index (χ2n) is 6.98. The molecule has 0 fully saturated rings. The van der Waals surface area contributed by atoms with Crippen molar-refractivity contribution in [3.8, 4) is 0 Å². The molecule has 2 rings (SSSR count). The quantitative estimate of drug-likeness (QED) is 0.434. The van der Waals surface area contributed by atoms with Crippen LogP contribution in [0.5, 0.6) is 0 Å². The first-order valence-corrected chi connectivity index (χ1v) is 9.94. The molecule has 2 atom stereocenters. The van der Waals surface area contributed by atoms with E-state index in [2.05, 4.69) is 63.7 Å². The van der Waals surface area contributed by atoms with Crippen molar-refractivity contribution >= 4 is 5.96 Å². The summed E-state index contributed by atoms with van der Waals surface area (Å²) in [7, 11) is 2.15. The molecule has 0 bridgehead atoms. The van der Waals surface area contributed by atoms with Crippen molar-refractivity contribution in [1.82, 2.24) is 20.5 Å². The van der Waals surface area contributed by atoms with Gasteiger partial charge in [0.15, 0.2) is 5.96 Å². The Morgan fingerprint density at radius 1 is 1.14 bits per heavy atom. The van der Waals surface area contributed by atoms with Gasteiger partial charge in [0.25, 0.3) is 0 Å². The molecule has 28 heavy (non-hydrogen) atoms. The SMILES string of the molecule is CCNC(=NCC(O)c1ccncc1)NCCC(C)N(C)Cc1ccccc1. The van der Waals surface area contributed by atoms with E-state index in [4.69, 9.17) is 0 Å². The maximum absolute atomic E-state index is 10.3. The first-order valence-electron chi connectivity index (χ1n) is 9.94. The Labute approximate surface area is 168 Å². The molecule has 3 N–H and O–H groups in total. The highest BCUT2D eigenvalue weighted by molar-refractivity contribution is 5.79. The van der Waals surface area contributed by atoms with Crippen molar-refractivity contribution in [2.45, 2.75) is 39.0 Å². The largest absolute Gasteiger partial charge is 0.386 e. The van der Waals surface area contributed by atoms with Gasteiger partial charge in [-0.1, -0.05) is 30.3 Å². The maximum Gasteiger partial charge on any atom is 0.191 e. The Hall–Kier alpha value is -2.44. The first kappa shape index (κ1) is 21.9. The average molecular weight is 384 g/mol. The van der Waals surface area contributed by atoms with Gasteiger partial charge in [-0.3, -0.25) is 14.9 Å². The van der Waals surface area contributed by atoms with Gasteiger partial charge in [-0.15, -0.1) is 0 Å². The molecule has 1 heterocycles. The van der Waals surface area contributed by atoms with E-state index in [0.29, 0.717) is 12.6 Å². The van der Waals surface area contributed by atoms with Crippen LogP contribution in [0.15, 0.2) is 59.9 Å². The van der Waals surface area contributed by atoms with E-state index in [9.17, 15) is 5.11 Å². The summed E-state index contributed by atoms with van der Waals surface area (Å²) < 4.78 is 0. The Balaban J connectivity index is 1.78. The average Bonchev–Trinajstić information content (AvgIpc) is 2.73. The van der Waals surface area contributed by atoms with Crippen LogP contribution in [0.25, 0.3) is 0 Å². The van der Waals surface area contributed by atoms with E-state index in [1.165, 1.54) is 5.56 Å². The summed E-state index contributed by atoms with van der Waals surface area (Å²) >= 11 is 0. The number of aliphatic hydroxyl groups is 1. The van der Waals surface area contributed by atoms with Crippen molar-refractivity contribution in [2.24, 2.45) is 4.99 Å². The number of guanidine groups is 1.